The Hall–Kier alpha value is -2.19. The molecule has 0 fully saturated rings. The standard InChI is InChI=1S/C11H5NO/c12-7-3-5-10-8-9-4-1-2-6-11(9)13-10/h1-2,4,6,8H. The van der Waals surface area contributed by atoms with Crippen LogP contribution >= 0.6 is 0 Å². The third kappa shape index (κ3) is 1.38. The van der Waals surface area contributed by atoms with Crippen LogP contribution in [-0.2, 0) is 0 Å². The molecule has 1 aromatic carbocycles. The van der Waals surface area contributed by atoms with Crippen LogP contribution in [0.2, 0.25) is 0 Å². The van der Waals surface area contributed by atoms with Gasteiger partial charge in [0.25, 0.3) is 0 Å². The fraction of sp³-hybridized carbons (Fsp3) is 0. The van der Waals surface area contributed by atoms with Crippen LogP contribution < -0.4 is 0 Å². The van der Waals surface area contributed by atoms with Gasteiger partial charge < -0.3 is 4.42 Å². The largest absolute Gasteiger partial charge is 0.448 e. The van der Waals surface area contributed by atoms with Gasteiger partial charge in [-0.05, 0) is 12.0 Å². The van der Waals surface area contributed by atoms with Gasteiger partial charge in [0.1, 0.15) is 5.58 Å². The Bertz CT molecular complexity index is 501. The SMILES string of the molecule is N#CC#Cc1cc2ccccc2o1. The van der Waals surface area contributed by atoms with Gasteiger partial charge in [-0.15, -0.1) is 0 Å². The minimum atomic E-state index is 0.530. The van der Waals surface area contributed by atoms with Gasteiger partial charge in [-0.1, -0.05) is 18.2 Å². The molecule has 0 amide bonds. The van der Waals surface area contributed by atoms with Crippen molar-refractivity contribution in [2.24, 2.45) is 0 Å². The molecule has 1 heterocycles. The Morgan fingerprint density at radius 3 is 2.85 bits per heavy atom. The van der Waals surface area contributed by atoms with E-state index in [4.69, 9.17) is 9.68 Å². The summed E-state index contributed by atoms with van der Waals surface area (Å²) in [6.07, 6.45) is 0. The average molecular weight is 167 g/mol. The molecule has 1 aromatic heterocycles. The molecule has 0 radical (unpaired) electrons. The van der Waals surface area contributed by atoms with Gasteiger partial charge in [-0.3, -0.25) is 0 Å². The molecular formula is C11H5NO. The second-order valence-corrected chi connectivity index (χ2v) is 2.51. The summed E-state index contributed by atoms with van der Waals surface area (Å²) in [5.74, 6) is 5.42. The van der Waals surface area contributed by atoms with Crippen LogP contribution in [-0.4, -0.2) is 0 Å². The molecule has 0 spiro atoms. The van der Waals surface area contributed by atoms with E-state index in [1.807, 2.05) is 30.3 Å². The molecule has 0 unspecified atom stereocenters. The van der Waals surface area contributed by atoms with E-state index in [1.165, 1.54) is 0 Å². The molecule has 2 rings (SSSR count). The van der Waals surface area contributed by atoms with Gasteiger partial charge in [0.2, 0.25) is 0 Å². The summed E-state index contributed by atoms with van der Waals surface area (Å²) in [5.41, 5.74) is 0.796. The van der Waals surface area contributed by atoms with Crippen molar-refractivity contribution in [2.75, 3.05) is 0 Å². The molecule has 0 saturated heterocycles. The minimum absolute atomic E-state index is 0.530. The predicted molar refractivity (Wildman–Crippen MR) is 48.7 cm³/mol. The number of hydrogen-bond acceptors (Lipinski definition) is 2. The quantitative estimate of drug-likeness (QED) is 0.564. The lowest BCUT2D eigenvalue weighted by atomic mass is 10.2. The maximum absolute atomic E-state index is 8.24. The lowest BCUT2D eigenvalue weighted by Crippen LogP contribution is -1.60. The molecule has 0 N–H and O–H groups in total. The number of benzene rings is 1. The van der Waals surface area contributed by atoms with E-state index in [-0.39, 0.29) is 0 Å². The van der Waals surface area contributed by atoms with Gasteiger partial charge in [0.15, 0.2) is 11.8 Å². The topological polar surface area (TPSA) is 36.9 Å². The van der Waals surface area contributed by atoms with E-state index >= 15 is 0 Å². The first-order valence-corrected chi connectivity index (χ1v) is 3.79. The molecule has 60 valence electrons. The van der Waals surface area contributed by atoms with Crippen molar-refractivity contribution < 1.29 is 4.42 Å². The Labute approximate surface area is 75.4 Å². The van der Waals surface area contributed by atoms with Crippen molar-refractivity contribution in [1.82, 2.24) is 0 Å². The van der Waals surface area contributed by atoms with Gasteiger partial charge in [0.05, 0.1) is 0 Å². The Morgan fingerprint density at radius 1 is 1.23 bits per heavy atom. The lowest BCUT2D eigenvalue weighted by Gasteiger charge is -1.81. The van der Waals surface area contributed by atoms with Crippen molar-refractivity contribution in [2.45, 2.75) is 0 Å². The van der Waals surface area contributed by atoms with Crippen LogP contribution in [0.1, 0.15) is 5.76 Å². The summed E-state index contributed by atoms with van der Waals surface area (Å²) in [6, 6.07) is 11.2. The van der Waals surface area contributed by atoms with Crippen LogP contribution in [0, 0.1) is 23.2 Å². The summed E-state index contributed by atoms with van der Waals surface area (Å²) in [4.78, 5) is 0. The molecule has 0 aliphatic carbocycles. The maximum atomic E-state index is 8.24. The normalized spacial score (nSPS) is 8.85. The highest BCUT2D eigenvalue weighted by Crippen LogP contribution is 2.17. The molecule has 0 bridgehead atoms. The van der Waals surface area contributed by atoms with Gasteiger partial charge in [0, 0.05) is 17.4 Å². The molecule has 0 saturated carbocycles. The Balaban J connectivity index is 2.57. The number of rotatable bonds is 0. The van der Waals surface area contributed by atoms with Gasteiger partial charge in [-0.2, -0.15) is 5.26 Å². The van der Waals surface area contributed by atoms with E-state index in [1.54, 1.807) is 6.07 Å². The van der Waals surface area contributed by atoms with Crippen molar-refractivity contribution in [3.05, 3.63) is 36.1 Å². The highest BCUT2D eigenvalue weighted by atomic mass is 16.3. The van der Waals surface area contributed by atoms with Gasteiger partial charge in [-0.25, -0.2) is 0 Å². The number of hydrogen-bond donors (Lipinski definition) is 0. The van der Waals surface area contributed by atoms with Crippen LogP contribution in [0.25, 0.3) is 11.0 Å². The van der Waals surface area contributed by atoms with Crippen molar-refractivity contribution >= 4 is 11.0 Å². The van der Waals surface area contributed by atoms with Crippen molar-refractivity contribution in [3.63, 3.8) is 0 Å². The van der Waals surface area contributed by atoms with Crippen LogP contribution in [0.3, 0.4) is 0 Å². The molecule has 0 atom stereocenters. The first-order valence-electron chi connectivity index (χ1n) is 3.79. The third-order valence-corrected chi connectivity index (χ3v) is 1.67. The molecule has 2 aromatic rings. The van der Waals surface area contributed by atoms with E-state index in [0.29, 0.717) is 5.76 Å². The zero-order valence-electron chi connectivity index (χ0n) is 6.74. The van der Waals surface area contributed by atoms with Crippen LogP contribution in [0.4, 0.5) is 0 Å². The van der Waals surface area contributed by atoms with E-state index < -0.39 is 0 Å². The lowest BCUT2D eigenvalue weighted by molar-refractivity contribution is 0.601. The van der Waals surface area contributed by atoms with Crippen LogP contribution in [0.5, 0.6) is 0 Å². The number of fused-ring (bicyclic) bond motifs is 1. The van der Waals surface area contributed by atoms with Crippen molar-refractivity contribution in [3.8, 4) is 17.9 Å². The van der Waals surface area contributed by atoms with Crippen molar-refractivity contribution in [1.29, 1.82) is 5.26 Å². The fourth-order valence-corrected chi connectivity index (χ4v) is 1.13. The third-order valence-electron chi connectivity index (χ3n) is 1.67. The predicted octanol–water partition coefficient (Wildman–Crippen LogP) is 2.31. The summed E-state index contributed by atoms with van der Waals surface area (Å²) in [7, 11) is 0. The summed E-state index contributed by atoms with van der Waals surface area (Å²) in [6.45, 7) is 0. The smallest absolute Gasteiger partial charge is 0.179 e. The Morgan fingerprint density at radius 2 is 2.08 bits per heavy atom. The monoisotopic (exact) mass is 167 g/mol. The van der Waals surface area contributed by atoms with E-state index in [0.717, 1.165) is 11.0 Å². The molecular weight excluding hydrogens is 162 g/mol. The average Bonchev–Trinajstić information content (AvgIpc) is 2.57. The summed E-state index contributed by atoms with van der Waals surface area (Å²) in [5, 5.41) is 9.24. The fourth-order valence-electron chi connectivity index (χ4n) is 1.13. The number of furan rings is 1. The molecule has 2 heteroatoms. The van der Waals surface area contributed by atoms with Gasteiger partial charge >= 0.3 is 0 Å². The molecule has 2 nitrogen and oxygen atoms in total. The summed E-state index contributed by atoms with van der Waals surface area (Å²) >= 11 is 0. The number of nitriles is 1. The second kappa shape index (κ2) is 3.05. The molecule has 13 heavy (non-hydrogen) atoms. The summed E-state index contributed by atoms with van der Waals surface area (Å²) < 4.78 is 5.35. The van der Waals surface area contributed by atoms with E-state index in [2.05, 4.69) is 11.8 Å². The zero-order chi connectivity index (χ0) is 9.10. The number of para-hydroxylation sites is 1. The van der Waals surface area contributed by atoms with E-state index in [9.17, 15) is 0 Å². The first-order chi connectivity index (χ1) is 6.40. The van der Waals surface area contributed by atoms with Crippen LogP contribution in [0.15, 0.2) is 34.7 Å². The zero-order valence-corrected chi connectivity index (χ0v) is 6.74. The molecule has 0 aliphatic rings. The number of nitrogens with zero attached hydrogens (tertiary/aromatic N) is 1. The first kappa shape index (κ1) is 7.46. The highest BCUT2D eigenvalue weighted by molar-refractivity contribution is 5.78. The second-order valence-electron chi connectivity index (χ2n) is 2.51. The highest BCUT2D eigenvalue weighted by Gasteiger charge is 1.98. The maximum Gasteiger partial charge on any atom is 0.179 e. The Kier molecular flexibility index (Phi) is 1.75. The minimum Gasteiger partial charge on any atom is -0.448 e. The molecule has 0 aliphatic heterocycles.